The molecular weight excluding hydrogens is 455 g/mol. The second-order valence-corrected chi connectivity index (χ2v) is 10.5. The Labute approximate surface area is 209 Å². The molecule has 1 atom stereocenters. The molecule has 1 fully saturated rings. The molecule has 0 bridgehead atoms. The van der Waals surface area contributed by atoms with Gasteiger partial charge in [0.2, 0.25) is 0 Å². The molecule has 1 aliphatic heterocycles. The van der Waals surface area contributed by atoms with Crippen molar-refractivity contribution in [2.75, 3.05) is 19.6 Å². The summed E-state index contributed by atoms with van der Waals surface area (Å²) in [4.78, 5) is 19.4. The van der Waals surface area contributed by atoms with Crippen molar-refractivity contribution in [3.8, 4) is 6.07 Å². The van der Waals surface area contributed by atoms with E-state index in [0.717, 1.165) is 42.4 Å². The molecule has 0 spiro atoms. The molecule has 7 heteroatoms. The Morgan fingerprint density at radius 2 is 1.92 bits per heavy atom. The zero-order valence-electron chi connectivity index (χ0n) is 21.4. The number of aromatic amines is 1. The van der Waals surface area contributed by atoms with E-state index in [1.165, 1.54) is 0 Å². The third-order valence-electron chi connectivity index (χ3n) is 7.64. The topological polar surface area (TPSA) is 85.0 Å². The minimum absolute atomic E-state index is 0.0712. The van der Waals surface area contributed by atoms with Gasteiger partial charge in [-0.15, -0.1) is 0 Å². The zero-order valence-corrected chi connectivity index (χ0v) is 21.4. The minimum Gasteiger partial charge on any atom is -0.392 e. The van der Waals surface area contributed by atoms with Crippen LogP contribution in [0.25, 0.3) is 32.8 Å². The van der Waals surface area contributed by atoms with Gasteiger partial charge in [-0.1, -0.05) is 13.0 Å². The van der Waals surface area contributed by atoms with Gasteiger partial charge in [0, 0.05) is 28.9 Å². The van der Waals surface area contributed by atoms with Crippen molar-refractivity contribution in [1.82, 2.24) is 14.5 Å². The lowest BCUT2D eigenvalue weighted by atomic mass is 9.84. The lowest BCUT2D eigenvalue weighted by molar-refractivity contribution is 0.109. The van der Waals surface area contributed by atoms with Gasteiger partial charge < -0.3 is 19.6 Å². The van der Waals surface area contributed by atoms with Crippen molar-refractivity contribution in [1.29, 1.82) is 5.26 Å². The van der Waals surface area contributed by atoms with Crippen molar-refractivity contribution in [3.05, 3.63) is 57.0 Å². The first-order valence-electron chi connectivity index (χ1n) is 12.9. The monoisotopic (exact) mass is 488 g/mol. The van der Waals surface area contributed by atoms with Crippen LogP contribution in [-0.2, 0) is 6.42 Å². The second-order valence-electron chi connectivity index (χ2n) is 10.5. The molecule has 0 saturated carbocycles. The van der Waals surface area contributed by atoms with Gasteiger partial charge >= 0.3 is 0 Å². The highest BCUT2D eigenvalue weighted by Crippen LogP contribution is 2.38. The number of aliphatic hydroxyl groups excluding tert-OH is 1. The van der Waals surface area contributed by atoms with Crippen LogP contribution in [0.3, 0.4) is 0 Å². The number of fused-ring (bicyclic) bond motifs is 4. The number of piperidine rings is 1. The third-order valence-corrected chi connectivity index (χ3v) is 7.64. The fourth-order valence-corrected chi connectivity index (χ4v) is 6.05. The van der Waals surface area contributed by atoms with Crippen LogP contribution in [0.5, 0.6) is 0 Å². The molecule has 0 aliphatic carbocycles. The van der Waals surface area contributed by atoms with Crippen LogP contribution in [0.15, 0.2) is 29.1 Å². The maximum absolute atomic E-state index is 16.6. The molecule has 0 amide bonds. The molecule has 0 unspecified atom stereocenters. The summed E-state index contributed by atoms with van der Waals surface area (Å²) in [5.41, 5.74) is 3.60. The Hall–Kier alpha value is -3.21. The SMILES string of the molecule is CCc1cc2c(=O)c3c4ccc(C#N)cc4[nH]c3n(C(C)C)c2c(F)c1C1CCN(C[C@H](C)O)CC1. The molecule has 6 nitrogen and oxygen atoms in total. The van der Waals surface area contributed by atoms with Crippen molar-refractivity contribution in [3.63, 3.8) is 0 Å². The lowest BCUT2D eigenvalue weighted by Gasteiger charge is -2.34. The lowest BCUT2D eigenvalue weighted by Crippen LogP contribution is -2.37. The van der Waals surface area contributed by atoms with Gasteiger partial charge in [0.15, 0.2) is 11.2 Å². The summed E-state index contributed by atoms with van der Waals surface area (Å²) < 4.78 is 18.6. The van der Waals surface area contributed by atoms with Crippen LogP contribution in [0.4, 0.5) is 4.39 Å². The molecule has 5 rings (SSSR count). The van der Waals surface area contributed by atoms with Gasteiger partial charge in [-0.2, -0.15) is 5.26 Å². The van der Waals surface area contributed by atoms with Crippen LogP contribution in [0, 0.1) is 17.1 Å². The summed E-state index contributed by atoms with van der Waals surface area (Å²) in [6.45, 7) is 10.1. The average Bonchev–Trinajstić information content (AvgIpc) is 3.23. The maximum atomic E-state index is 16.6. The van der Waals surface area contributed by atoms with E-state index >= 15 is 4.39 Å². The number of hydrogen-bond acceptors (Lipinski definition) is 4. The molecule has 3 heterocycles. The number of rotatable bonds is 5. The van der Waals surface area contributed by atoms with Crippen molar-refractivity contribution in [2.24, 2.45) is 0 Å². The number of nitrogens with one attached hydrogen (secondary N) is 1. The molecule has 0 radical (unpaired) electrons. The van der Waals surface area contributed by atoms with Crippen LogP contribution in [0.2, 0.25) is 0 Å². The number of aryl methyl sites for hydroxylation is 1. The summed E-state index contributed by atoms with van der Waals surface area (Å²) >= 11 is 0. The number of likely N-dealkylation sites (tertiary alicyclic amines) is 1. The van der Waals surface area contributed by atoms with Crippen molar-refractivity contribution < 1.29 is 9.50 Å². The highest BCUT2D eigenvalue weighted by atomic mass is 19.1. The summed E-state index contributed by atoms with van der Waals surface area (Å²) in [5.74, 6) is -0.218. The van der Waals surface area contributed by atoms with Gasteiger partial charge in [0.1, 0.15) is 5.65 Å². The van der Waals surface area contributed by atoms with Crippen LogP contribution in [0.1, 0.15) is 69.2 Å². The van der Waals surface area contributed by atoms with E-state index in [1.807, 2.05) is 31.4 Å². The molecule has 2 aromatic carbocycles. The first kappa shape index (κ1) is 24.5. The number of halogens is 1. The smallest absolute Gasteiger partial charge is 0.199 e. The maximum Gasteiger partial charge on any atom is 0.199 e. The number of aromatic nitrogens is 2. The van der Waals surface area contributed by atoms with Crippen molar-refractivity contribution >= 4 is 32.8 Å². The summed E-state index contributed by atoms with van der Waals surface area (Å²) in [7, 11) is 0. The Kier molecular flexibility index (Phi) is 6.36. The number of H-pyrrole nitrogens is 1. The Morgan fingerprint density at radius 3 is 2.53 bits per heavy atom. The minimum atomic E-state index is -0.381. The molecule has 4 aromatic rings. The van der Waals surface area contributed by atoms with Crippen LogP contribution in [-0.4, -0.2) is 45.3 Å². The van der Waals surface area contributed by atoms with Gasteiger partial charge in [0.25, 0.3) is 0 Å². The highest BCUT2D eigenvalue weighted by molar-refractivity contribution is 6.10. The highest BCUT2D eigenvalue weighted by Gasteiger charge is 2.29. The Bertz CT molecular complexity index is 1570. The predicted molar refractivity (Wildman–Crippen MR) is 142 cm³/mol. The fraction of sp³-hybridized carbons (Fsp3) is 0.448. The number of β-amino-alcohol motifs (C(OH)–C–C–N with tert-alkyl or cyclic N) is 1. The molecule has 2 N–H and O–H groups in total. The average molecular weight is 489 g/mol. The molecule has 1 aliphatic rings. The Morgan fingerprint density at radius 1 is 1.19 bits per heavy atom. The molecule has 36 heavy (non-hydrogen) atoms. The summed E-state index contributed by atoms with van der Waals surface area (Å²) in [5, 5.41) is 20.8. The zero-order chi connectivity index (χ0) is 25.7. The standard InChI is InChI=1S/C29H33FN4O2/c1-5-19-13-22-27(26(30)24(19)20-8-10-33(11-9-20)15-17(4)35)34(16(2)3)29-25(28(22)36)21-7-6-18(14-31)12-23(21)32-29/h6-7,12-13,16-17,20,32,35H,5,8-11,15H2,1-4H3/t17-/m0/s1. The van der Waals surface area contributed by atoms with Crippen LogP contribution >= 0.6 is 0 Å². The molecule has 2 aromatic heterocycles. The molecular formula is C29H33FN4O2. The van der Waals surface area contributed by atoms with Gasteiger partial charge in [-0.3, -0.25) is 4.79 Å². The third kappa shape index (κ3) is 3.89. The number of pyridine rings is 1. The summed E-state index contributed by atoms with van der Waals surface area (Å²) in [6.07, 6.45) is 1.90. The van der Waals surface area contributed by atoms with E-state index in [-0.39, 0.29) is 29.3 Å². The van der Waals surface area contributed by atoms with Gasteiger partial charge in [-0.05, 0) is 88.4 Å². The van der Waals surface area contributed by atoms with E-state index in [2.05, 4.69) is 16.0 Å². The number of aliphatic hydroxyl groups is 1. The van der Waals surface area contributed by atoms with E-state index < -0.39 is 0 Å². The van der Waals surface area contributed by atoms with E-state index in [9.17, 15) is 15.2 Å². The number of nitrogens with zero attached hydrogens (tertiary/aromatic N) is 3. The largest absolute Gasteiger partial charge is 0.392 e. The van der Waals surface area contributed by atoms with E-state index in [0.29, 0.717) is 46.0 Å². The van der Waals surface area contributed by atoms with Crippen molar-refractivity contribution in [2.45, 2.75) is 65.0 Å². The molecule has 188 valence electrons. The summed E-state index contributed by atoms with van der Waals surface area (Å²) in [6, 6.07) is 9.22. The normalized spacial score (nSPS) is 16.4. The van der Waals surface area contributed by atoms with E-state index in [1.54, 1.807) is 25.1 Å². The Balaban J connectivity index is 1.77. The first-order chi connectivity index (χ1) is 17.2. The fourth-order valence-electron chi connectivity index (χ4n) is 6.05. The number of nitriles is 1. The quantitative estimate of drug-likeness (QED) is 0.397. The predicted octanol–water partition coefficient (Wildman–Crippen LogP) is 5.35. The van der Waals surface area contributed by atoms with Crippen LogP contribution < -0.4 is 5.43 Å². The van der Waals surface area contributed by atoms with Gasteiger partial charge in [0.05, 0.1) is 28.6 Å². The first-order valence-corrected chi connectivity index (χ1v) is 12.9. The van der Waals surface area contributed by atoms with Gasteiger partial charge in [-0.25, -0.2) is 4.39 Å². The number of benzene rings is 2. The second kappa shape index (κ2) is 9.34. The van der Waals surface area contributed by atoms with E-state index in [4.69, 9.17) is 0 Å². The molecule has 1 saturated heterocycles. The number of hydrogen-bond donors (Lipinski definition) is 2.